The molecule has 10 aromatic rings. The number of nitrogens with zero attached hydrogens (tertiary/aromatic N) is 4. The first-order chi connectivity index (χ1) is 39.4. The van der Waals surface area contributed by atoms with E-state index in [4.69, 9.17) is 13.1 Å². The average Bonchev–Trinajstić information content (AvgIpc) is 3.01. The Labute approximate surface area is 480 Å². The van der Waals surface area contributed by atoms with Crippen LogP contribution in [-0.4, -0.2) is 11.6 Å². The van der Waals surface area contributed by atoms with Gasteiger partial charge >= 0.3 is 0 Å². The van der Waals surface area contributed by atoms with Gasteiger partial charge in [0.1, 0.15) is 0 Å². The summed E-state index contributed by atoms with van der Waals surface area (Å²) in [6.07, 6.45) is 3.77. The van der Waals surface area contributed by atoms with Crippen molar-refractivity contribution in [2.45, 2.75) is 38.5 Å². The molecule has 0 amide bonds. The second kappa shape index (κ2) is 18.4. The maximum atomic E-state index is 14.5. The number of carbonyl (C=O) groups excluding carboxylic acids is 2. The van der Waals surface area contributed by atoms with E-state index in [1.54, 1.807) is 46.1 Å². The summed E-state index contributed by atoms with van der Waals surface area (Å²) in [6.45, 7) is 24.4. The van der Waals surface area contributed by atoms with Crippen molar-refractivity contribution >= 4 is 78.3 Å². The zero-order chi connectivity index (χ0) is 55.6. The van der Waals surface area contributed by atoms with Crippen molar-refractivity contribution in [3.63, 3.8) is 0 Å². The van der Waals surface area contributed by atoms with Gasteiger partial charge in [0.05, 0.1) is 40.8 Å². The number of aryl methyl sites for hydroxylation is 4. The first-order valence-corrected chi connectivity index (χ1v) is 28.8. The molecular formula is C72H42N4O2S3. The van der Waals surface area contributed by atoms with Crippen LogP contribution in [0.15, 0.2) is 192 Å². The quantitative estimate of drug-likeness (QED) is 0.0942. The number of fused-ring (bicyclic) bond motifs is 10. The lowest BCUT2D eigenvalue weighted by Crippen LogP contribution is -2.30. The predicted molar refractivity (Wildman–Crippen MR) is 327 cm³/mol. The molecule has 0 atom stereocenters. The number of rotatable bonds is 6. The van der Waals surface area contributed by atoms with Gasteiger partial charge in [0, 0.05) is 63.2 Å². The Balaban J connectivity index is 1.08. The van der Waals surface area contributed by atoms with Gasteiger partial charge in [-0.05, 0) is 125 Å². The van der Waals surface area contributed by atoms with Crippen molar-refractivity contribution in [3.8, 4) is 33.0 Å². The Hall–Kier alpha value is -9.84. The Morgan fingerprint density at radius 1 is 0.457 bits per heavy atom. The number of allylic oxidation sites excluding steroid dienone is 6. The lowest BCUT2D eigenvalue weighted by molar-refractivity contribution is 0.103. The molecule has 0 saturated carbocycles. The minimum Gasteiger partial charge on any atom is -0.289 e. The van der Waals surface area contributed by atoms with Gasteiger partial charge in [-0.2, -0.15) is 0 Å². The molecule has 9 heteroatoms. The van der Waals surface area contributed by atoms with E-state index in [1.807, 2.05) is 48.6 Å². The van der Waals surface area contributed by atoms with Crippen LogP contribution in [0.3, 0.4) is 0 Å². The molecule has 7 aromatic carbocycles. The summed E-state index contributed by atoms with van der Waals surface area (Å²) in [5.41, 5.74) is 17.3. The van der Waals surface area contributed by atoms with E-state index in [0.29, 0.717) is 44.5 Å². The first kappa shape index (κ1) is 49.5. The van der Waals surface area contributed by atoms with Gasteiger partial charge in [-0.3, -0.25) is 9.59 Å². The SMILES string of the molecule is [C-]#[N+]/C(C#N)=C1\C(=Cc2cc3sc4c(c3s2)C(c2ccc(C)cc2)(c2ccc(C)cc2)c2cc3c(cc2-4)C(c2ccc(C)cc2)(c2ccc(C)cc2)c2cc(C=C4C(=O)c5ccccc5/C4=C(/C#N)[N+]#[C-])sc2-3)C(=O)c2ccccc21. The van der Waals surface area contributed by atoms with Gasteiger partial charge in [0.15, 0.2) is 11.6 Å². The highest BCUT2D eigenvalue weighted by molar-refractivity contribution is 7.30. The van der Waals surface area contributed by atoms with Crippen molar-refractivity contribution in [2.24, 2.45) is 0 Å². The molecule has 0 N–H and O–H groups in total. The summed E-state index contributed by atoms with van der Waals surface area (Å²) in [7, 11) is 0. The zero-order valence-corrected chi connectivity index (χ0v) is 46.6. The molecular weight excluding hydrogens is 1050 g/mol. The highest BCUT2D eigenvalue weighted by Gasteiger charge is 2.54. The lowest BCUT2D eigenvalue weighted by atomic mass is 9.65. The Morgan fingerprint density at radius 3 is 1.28 bits per heavy atom. The molecule has 380 valence electrons. The van der Waals surface area contributed by atoms with Crippen molar-refractivity contribution in [2.75, 3.05) is 0 Å². The summed E-state index contributed by atoms with van der Waals surface area (Å²) in [5.74, 6) is -0.426. The molecule has 0 aliphatic heterocycles. The first-order valence-electron chi connectivity index (χ1n) is 26.4. The summed E-state index contributed by atoms with van der Waals surface area (Å²) in [5, 5.41) is 20.5. The van der Waals surface area contributed by atoms with E-state index in [-0.39, 0.29) is 23.0 Å². The molecule has 4 aliphatic rings. The van der Waals surface area contributed by atoms with E-state index in [1.165, 1.54) is 5.56 Å². The number of hydrogen-bond acceptors (Lipinski definition) is 7. The van der Waals surface area contributed by atoms with E-state index in [2.05, 4.69) is 171 Å². The van der Waals surface area contributed by atoms with Crippen molar-refractivity contribution in [1.29, 1.82) is 10.5 Å². The third-order valence-corrected chi connectivity index (χ3v) is 20.2. The number of nitriles is 2. The minimum absolute atomic E-state index is 0.113. The van der Waals surface area contributed by atoms with E-state index in [0.717, 1.165) is 101 Å². The standard InChI is InChI=1S/C72H42N4O2S3/c1-39-15-23-43(24-16-39)71(44-25-17-40(2)18-26-44)57-36-54-58(35-53(57)68-59(71)33-47(79-68)31-55-63(60(37-73)75-5)49-11-7-9-13-51(49)66(55)77)72(45-27-19-41(3)20-28-45,46-29-21-42(4)22-30-46)65-69(54)81-62-34-48(80-70(62)65)32-56-64(61(38-74)76-6)50-12-8-10-14-52(50)67(56)78/h7-36H,1-4H3/b55-31?,56-32?,63-60+,64-61-. The highest BCUT2D eigenvalue weighted by Crippen LogP contribution is 2.67. The normalized spacial score (nSPS) is 16.9. The van der Waals surface area contributed by atoms with Gasteiger partial charge in [-0.1, -0.05) is 168 Å². The van der Waals surface area contributed by atoms with E-state index >= 15 is 0 Å². The Bertz CT molecular complexity index is 4670. The molecule has 0 saturated heterocycles. The molecule has 0 spiro atoms. The fourth-order valence-electron chi connectivity index (χ4n) is 13.1. The van der Waals surface area contributed by atoms with Gasteiger partial charge in [-0.15, -0.1) is 34.0 Å². The molecule has 4 aliphatic carbocycles. The Kier molecular flexibility index (Phi) is 11.2. The summed E-state index contributed by atoms with van der Waals surface area (Å²) in [6, 6.07) is 63.5. The number of carbonyl (C=O) groups is 2. The molecule has 81 heavy (non-hydrogen) atoms. The average molecular weight is 1090 g/mol. The largest absolute Gasteiger partial charge is 0.289 e. The molecule has 0 fully saturated rings. The maximum Gasteiger partial charge on any atom is 0.270 e. The third kappa shape index (κ3) is 6.98. The molecule has 0 unspecified atom stereocenters. The topological polar surface area (TPSA) is 90.4 Å². The van der Waals surface area contributed by atoms with Gasteiger partial charge in [0.2, 0.25) is 0 Å². The van der Waals surface area contributed by atoms with Crippen LogP contribution in [0.25, 0.3) is 63.3 Å². The second-order valence-electron chi connectivity index (χ2n) is 21.2. The molecule has 0 bridgehead atoms. The van der Waals surface area contributed by atoms with E-state index < -0.39 is 10.8 Å². The van der Waals surface area contributed by atoms with Crippen molar-refractivity contribution in [1.82, 2.24) is 0 Å². The fraction of sp³-hybridized carbons (Fsp3) is 0.0833. The molecule has 3 heterocycles. The monoisotopic (exact) mass is 1090 g/mol. The maximum absolute atomic E-state index is 14.5. The minimum atomic E-state index is -0.840. The second-order valence-corrected chi connectivity index (χ2v) is 24.4. The molecule has 14 rings (SSSR count). The summed E-state index contributed by atoms with van der Waals surface area (Å²) < 4.78 is 2.16. The predicted octanol–water partition coefficient (Wildman–Crippen LogP) is 17.9. The molecule has 3 aromatic heterocycles. The van der Waals surface area contributed by atoms with Crippen LogP contribution in [-0.2, 0) is 10.8 Å². The smallest absolute Gasteiger partial charge is 0.270 e. The van der Waals surface area contributed by atoms with Crippen LogP contribution in [0.1, 0.15) is 108 Å². The van der Waals surface area contributed by atoms with Crippen molar-refractivity contribution < 1.29 is 9.59 Å². The number of ketones is 2. The van der Waals surface area contributed by atoms with Crippen LogP contribution in [0.5, 0.6) is 0 Å². The van der Waals surface area contributed by atoms with Crippen LogP contribution < -0.4 is 0 Å². The van der Waals surface area contributed by atoms with Crippen LogP contribution >= 0.6 is 34.0 Å². The summed E-state index contributed by atoms with van der Waals surface area (Å²) in [4.78, 5) is 40.0. The fourth-order valence-corrected chi connectivity index (χ4v) is 17.0. The van der Waals surface area contributed by atoms with Gasteiger partial charge in [0.25, 0.3) is 11.4 Å². The number of thiophene rings is 3. The lowest BCUT2D eigenvalue weighted by Gasteiger charge is -2.35. The molecule has 0 radical (unpaired) electrons. The molecule has 6 nitrogen and oxygen atoms in total. The van der Waals surface area contributed by atoms with Crippen LogP contribution in [0.2, 0.25) is 0 Å². The number of Topliss-reactive ketones (excluding diaryl/α,β-unsaturated/α-hetero) is 2. The van der Waals surface area contributed by atoms with Crippen molar-refractivity contribution in [3.05, 3.63) is 314 Å². The van der Waals surface area contributed by atoms with E-state index in [9.17, 15) is 20.1 Å². The van der Waals surface area contributed by atoms with Crippen LogP contribution in [0.4, 0.5) is 0 Å². The van der Waals surface area contributed by atoms with Gasteiger partial charge < -0.3 is 0 Å². The Morgan fingerprint density at radius 2 is 0.852 bits per heavy atom. The zero-order valence-electron chi connectivity index (χ0n) is 44.2. The number of hydrogen-bond donors (Lipinski definition) is 0. The number of benzene rings is 7. The third-order valence-electron chi connectivity index (χ3n) is 16.7. The highest BCUT2D eigenvalue weighted by atomic mass is 32.1. The van der Waals surface area contributed by atoms with Crippen LogP contribution in [0, 0.1) is 63.5 Å². The van der Waals surface area contributed by atoms with Gasteiger partial charge in [-0.25, -0.2) is 20.2 Å². The summed E-state index contributed by atoms with van der Waals surface area (Å²) >= 11 is 5.01.